The van der Waals surface area contributed by atoms with E-state index in [9.17, 15) is 14.9 Å². The molecular formula is C19H13N5O4S. The van der Waals surface area contributed by atoms with Crippen LogP contribution in [0.2, 0.25) is 0 Å². The van der Waals surface area contributed by atoms with Gasteiger partial charge in [-0.1, -0.05) is 0 Å². The summed E-state index contributed by atoms with van der Waals surface area (Å²) in [5.41, 5.74) is 1.51. The predicted octanol–water partition coefficient (Wildman–Crippen LogP) is 3.57. The van der Waals surface area contributed by atoms with Gasteiger partial charge in [0.25, 0.3) is 11.6 Å². The number of benzene rings is 1. The van der Waals surface area contributed by atoms with Gasteiger partial charge in [-0.05, 0) is 54.2 Å². The third-order valence-corrected chi connectivity index (χ3v) is 4.83. The Morgan fingerprint density at radius 2 is 2.00 bits per heavy atom. The Hall–Kier alpha value is -3.92. The first kappa shape index (κ1) is 18.4. The van der Waals surface area contributed by atoms with E-state index in [1.54, 1.807) is 30.3 Å². The smallest absolute Gasteiger partial charge is 0.269 e. The second-order valence-corrected chi connectivity index (χ2v) is 6.84. The fourth-order valence-corrected chi connectivity index (χ4v) is 3.36. The second-order valence-electron chi connectivity index (χ2n) is 5.81. The maximum absolute atomic E-state index is 12.2. The van der Waals surface area contributed by atoms with Crippen molar-refractivity contribution in [1.29, 1.82) is 0 Å². The van der Waals surface area contributed by atoms with Crippen molar-refractivity contribution >= 4 is 40.8 Å². The van der Waals surface area contributed by atoms with Crippen molar-refractivity contribution in [2.45, 2.75) is 0 Å². The average molecular weight is 407 g/mol. The van der Waals surface area contributed by atoms with Crippen molar-refractivity contribution in [3.05, 3.63) is 87.5 Å². The van der Waals surface area contributed by atoms with Gasteiger partial charge in [-0.15, -0.1) is 5.10 Å². The van der Waals surface area contributed by atoms with E-state index >= 15 is 0 Å². The lowest BCUT2D eigenvalue weighted by Gasteiger charge is -2.06. The number of hydrogen-bond acceptors (Lipinski definition) is 7. The molecule has 10 heteroatoms. The Morgan fingerprint density at radius 1 is 1.17 bits per heavy atom. The van der Waals surface area contributed by atoms with Crippen LogP contribution in [0.1, 0.15) is 11.5 Å². The number of amides is 1. The highest BCUT2D eigenvalue weighted by atomic mass is 32.2. The van der Waals surface area contributed by atoms with E-state index in [-0.39, 0.29) is 11.6 Å². The lowest BCUT2D eigenvalue weighted by atomic mass is 10.2. The number of non-ortho nitro benzene ring substituents is 1. The zero-order chi connectivity index (χ0) is 20.2. The molecule has 144 valence electrons. The topological polar surface area (TPSA) is 115 Å². The number of nitrogens with zero attached hydrogens (tertiary/aromatic N) is 4. The Bertz CT molecular complexity index is 1140. The van der Waals surface area contributed by atoms with Crippen molar-refractivity contribution in [3.63, 3.8) is 0 Å². The molecule has 0 aliphatic carbocycles. The minimum atomic E-state index is -0.447. The molecule has 2 aromatic heterocycles. The van der Waals surface area contributed by atoms with Crippen LogP contribution in [0.4, 0.5) is 5.69 Å². The lowest BCUT2D eigenvalue weighted by molar-refractivity contribution is -0.384. The van der Waals surface area contributed by atoms with E-state index in [1.165, 1.54) is 36.4 Å². The number of rotatable bonds is 5. The van der Waals surface area contributed by atoms with Crippen molar-refractivity contribution in [2.75, 3.05) is 0 Å². The fourth-order valence-electron chi connectivity index (χ4n) is 2.59. The Labute approximate surface area is 168 Å². The lowest BCUT2D eigenvalue weighted by Crippen LogP contribution is -2.19. The summed E-state index contributed by atoms with van der Waals surface area (Å²) in [6, 6.07) is 13.3. The maximum atomic E-state index is 12.2. The second kappa shape index (κ2) is 7.98. The quantitative estimate of drug-likeness (QED) is 0.300. The van der Waals surface area contributed by atoms with Crippen LogP contribution >= 0.6 is 11.8 Å². The number of nitrogens with one attached hydrogen (secondary N) is 1. The molecule has 0 radical (unpaired) electrons. The van der Waals surface area contributed by atoms with Crippen LogP contribution in [0.25, 0.3) is 11.8 Å². The SMILES string of the molecule is O=C1N/C(=N\N=C\c2ccco2)S/C1=C\c1cccn1-c1ccc([N+](=O)[O-])cc1. The number of hydrogen-bond donors (Lipinski definition) is 1. The van der Waals surface area contributed by atoms with Crippen molar-refractivity contribution in [1.82, 2.24) is 9.88 Å². The number of carbonyl (C=O) groups is 1. The standard InChI is InChI=1S/C19H13N5O4S/c25-18-17(29-19(21-18)22-20-12-16-4-2-10-28-16)11-15-3-1-9-23(15)13-5-7-14(8-6-13)24(26)27/h1-12H,(H,21,22,25)/b17-11-,20-12+. The van der Waals surface area contributed by atoms with E-state index in [1.807, 2.05) is 22.9 Å². The molecule has 1 aromatic carbocycles. The minimum absolute atomic E-state index is 0.0162. The molecule has 0 saturated carbocycles. The van der Waals surface area contributed by atoms with Crippen LogP contribution in [0, 0.1) is 10.1 Å². The van der Waals surface area contributed by atoms with Crippen molar-refractivity contribution in [3.8, 4) is 5.69 Å². The number of furan rings is 1. The van der Waals surface area contributed by atoms with Gasteiger partial charge in [0.2, 0.25) is 0 Å². The molecule has 1 N–H and O–H groups in total. The first-order chi connectivity index (χ1) is 14.1. The summed E-state index contributed by atoms with van der Waals surface area (Å²) in [6.45, 7) is 0. The molecule has 1 saturated heterocycles. The largest absolute Gasteiger partial charge is 0.463 e. The molecule has 0 spiro atoms. The highest BCUT2D eigenvalue weighted by Crippen LogP contribution is 2.27. The zero-order valence-electron chi connectivity index (χ0n) is 14.8. The molecule has 1 aliphatic heterocycles. The van der Waals surface area contributed by atoms with E-state index in [4.69, 9.17) is 4.42 Å². The molecule has 1 fully saturated rings. The molecule has 0 unspecified atom stereocenters. The molecule has 0 bridgehead atoms. The maximum Gasteiger partial charge on any atom is 0.269 e. The zero-order valence-corrected chi connectivity index (χ0v) is 15.6. The summed E-state index contributed by atoms with van der Waals surface area (Å²) in [5.74, 6) is 0.277. The number of aromatic nitrogens is 1. The summed E-state index contributed by atoms with van der Waals surface area (Å²) < 4.78 is 6.95. The van der Waals surface area contributed by atoms with Gasteiger partial charge in [-0.25, -0.2) is 0 Å². The van der Waals surface area contributed by atoms with Gasteiger partial charge in [0.1, 0.15) is 5.76 Å². The number of thioether (sulfide) groups is 1. The summed E-state index contributed by atoms with van der Waals surface area (Å²) in [4.78, 5) is 23.1. The predicted molar refractivity (Wildman–Crippen MR) is 110 cm³/mol. The van der Waals surface area contributed by atoms with E-state index in [0.29, 0.717) is 15.8 Å². The molecule has 3 heterocycles. The van der Waals surface area contributed by atoms with E-state index in [0.717, 1.165) is 11.4 Å². The Morgan fingerprint density at radius 3 is 2.72 bits per heavy atom. The van der Waals surface area contributed by atoms with Crippen LogP contribution in [0.5, 0.6) is 0 Å². The summed E-state index contributed by atoms with van der Waals surface area (Å²) >= 11 is 1.17. The molecule has 0 atom stereocenters. The first-order valence-electron chi connectivity index (χ1n) is 8.38. The molecule has 9 nitrogen and oxygen atoms in total. The Kier molecular flexibility index (Phi) is 5.08. The summed E-state index contributed by atoms with van der Waals surface area (Å²) in [5, 5.41) is 21.7. The normalized spacial score (nSPS) is 16.8. The summed E-state index contributed by atoms with van der Waals surface area (Å²) in [6.07, 6.45) is 6.51. The van der Waals surface area contributed by atoms with Crippen LogP contribution in [0.3, 0.4) is 0 Å². The monoisotopic (exact) mass is 407 g/mol. The number of carbonyl (C=O) groups excluding carboxylic acids is 1. The van der Waals surface area contributed by atoms with Gasteiger partial charge in [0.05, 0.1) is 22.3 Å². The third kappa shape index (κ3) is 4.17. The van der Waals surface area contributed by atoms with Crippen LogP contribution in [-0.4, -0.2) is 26.8 Å². The Balaban J connectivity index is 1.53. The van der Waals surface area contributed by atoms with Crippen LogP contribution < -0.4 is 5.32 Å². The van der Waals surface area contributed by atoms with Crippen LogP contribution in [-0.2, 0) is 4.79 Å². The molecule has 3 aromatic rings. The third-order valence-electron chi connectivity index (χ3n) is 3.93. The number of nitro groups is 1. The van der Waals surface area contributed by atoms with Gasteiger partial charge < -0.3 is 8.98 Å². The molecule has 1 aliphatic rings. The molecule has 1 amide bonds. The van der Waals surface area contributed by atoms with Gasteiger partial charge in [-0.3, -0.25) is 20.2 Å². The van der Waals surface area contributed by atoms with Gasteiger partial charge in [0, 0.05) is 29.7 Å². The fraction of sp³-hybridized carbons (Fsp3) is 0. The van der Waals surface area contributed by atoms with E-state index in [2.05, 4.69) is 15.5 Å². The van der Waals surface area contributed by atoms with Crippen molar-refractivity contribution < 1.29 is 14.1 Å². The molecule has 29 heavy (non-hydrogen) atoms. The van der Waals surface area contributed by atoms with E-state index < -0.39 is 4.92 Å². The molecule has 4 rings (SSSR count). The number of amidine groups is 1. The summed E-state index contributed by atoms with van der Waals surface area (Å²) in [7, 11) is 0. The minimum Gasteiger partial charge on any atom is -0.463 e. The van der Waals surface area contributed by atoms with Crippen molar-refractivity contribution in [2.24, 2.45) is 10.2 Å². The highest BCUT2D eigenvalue weighted by Gasteiger charge is 2.24. The number of nitro benzene ring substituents is 1. The molecular weight excluding hydrogens is 394 g/mol. The average Bonchev–Trinajstić information content (AvgIpc) is 3.45. The van der Waals surface area contributed by atoms with Gasteiger partial charge in [0.15, 0.2) is 5.17 Å². The van der Waals surface area contributed by atoms with Crippen LogP contribution in [0.15, 0.2) is 80.5 Å². The van der Waals surface area contributed by atoms with Gasteiger partial charge >= 0.3 is 0 Å². The first-order valence-corrected chi connectivity index (χ1v) is 9.19. The highest BCUT2D eigenvalue weighted by molar-refractivity contribution is 8.18. The van der Waals surface area contributed by atoms with Gasteiger partial charge in [-0.2, -0.15) is 5.10 Å².